The summed E-state index contributed by atoms with van der Waals surface area (Å²) in [4.78, 5) is 0. The number of rotatable bonds is 6. The van der Waals surface area contributed by atoms with E-state index in [-0.39, 0.29) is 0 Å². The molecule has 1 aliphatic rings. The fraction of sp³-hybridized carbons (Fsp3) is 0.100. The summed E-state index contributed by atoms with van der Waals surface area (Å²) in [5, 5.41) is 5.05. The minimum atomic E-state index is 0.826. The van der Waals surface area contributed by atoms with E-state index in [1.807, 2.05) is 6.08 Å². The Bertz CT molecular complexity index is 1830. The number of fused-ring (bicyclic) bond motifs is 2. The first-order valence-corrected chi connectivity index (χ1v) is 13.9. The van der Waals surface area contributed by atoms with Crippen LogP contribution in [0.3, 0.4) is 0 Å². The van der Waals surface area contributed by atoms with Crippen LogP contribution in [0.25, 0.3) is 39.1 Å². The highest BCUT2D eigenvalue weighted by Gasteiger charge is 2.09. The third-order valence-electron chi connectivity index (χ3n) is 7.63. The molecular weight excluding hydrogens is 480 g/mol. The Morgan fingerprint density at radius 1 is 0.725 bits per heavy atom. The van der Waals surface area contributed by atoms with Gasteiger partial charge in [0.15, 0.2) is 0 Å². The molecule has 0 nitrogen and oxygen atoms in total. The first-order valence-electron chi connectivity index (χ1n) is 13.9. The second-order valence-electron chi connectivity index (χ2n) is 10.3. The molecule has 0 saturated carbocycles. The second-order valence-corrected chi connectivity index (χ2v) is 10.3. The minimum absolute atomic E-state index is 0.826. The number of aryl methyl sites for hydroxylation is 1. The van der Waals surface area contributed by atoms with E-state index in [0.717, 1.165) is 18.4 Å². The molecule has 0 bridgehead atoms. The highest BCUT2D eigenvalue weighted by atomic mass is 14.1. The molecule has 0 saturated heterocycles. The lowest BCUT2D eigenvalue weighted by atomic mass is 9.92. The quantitative estimate of drug-likeness (QED) is 0.224. The van der Waals surface area contributed by atoms with Crippen molar-refractivity contribution in [2.24, 2.45) is 0 Å². The lowest BCUT2D eigenvalue weighted by Gasteiger charge is -2.13. The van der Waals surface area contributed by atoms with Gasteiger partial charge in [-0.15, -0.1) is 0 Å². The zero-order valence-electron chi connectivity index (χ0n) is 23.5. The van der Waals surface area contributed by atoms with Crippen LogP contribution in [0.4, 0.5) is 0 Å². The van der Waals surface area contributed by atoms with Gasteiger partial charge in [0.05, 0.1) is 0 Å². The summed E-state index contributed by atoms with van der Waals surface area (Å²) >= 11 is 0. The lowest BCUT2D eigenvalue weighted by Crippen LogP contribution is -2.29. The van der Waals surface area contributed by atoms with Gasteiger partial charge in [-0.1, -0.05) is 141 Å². The normalized spacial score (nSPS) is 14.0. The largest absolute Gasteiger partial charge is 0.0991 e. The van der Waals surface area contributed by atoms with Gasteiger partial charge in [-0.3, -0.25) is 0 Å². The molecule has 0 heteroatoms. The number of hydrogen-bond donors (Lipinski definition) is 0. The fourth-order valence-electron chi connectivity index (χ4n) is 5.43. The minimum Gasteiger partial charge on any atom is -0.0991 e. The van der Waals surface area contributed by atoms with Crippen LogP contribution in [0, 0.1) is 6.92 Å². The SMILES string of the molecule is C=CC=CC(=C)C1=c2ccccc2=C(C(C)=Cc2ccc(-c3ccc4ccccc4c3)cc2C)CC=CC=CC1. The molecule has 0 unspecified atom stereocenters. The maximum atomic E-state index is 4.39. The number of hydrogen-bond acceptors (Lipinski definition) is 0. The van der Waals surface area contributed by atoms with Crippen molar-refractivity contribution in [1.82, 2.24) is 0 Å². The Morgan fingerprint density at radius 3 is 2.08 bits per heavy atom. The molecule has 0 spiro atoms. The molecule has 0 atom stereocenters. The fourth-order valence-corrected chi connectivity index (χ4v) is 5.43. The molecule has 0 aromatic heterocycles. The van der Waals surface area contributed by atoms with Crippen molar-refractivity contribution in [2.75, 3.05) is 0 Å². The van der Waals surface area contributed by atoms with Crippen molar-refractivity contribution in [2.45, 2.75) is 26.7 Å². The molecule has 196 valence electrons. The van der Waals surface area contributed by atoms with Gasteiger partial charge in [0.2, 0.25) is 0 Å². The van der Waals surface area contributed by atoms with Crippen molar-refractivity contribution < 1.29 is 0 Å². The Kier molecular flexibility index (Phi) is 8.38. The second kappa shape index (κ2) is 12.5. The molecule has 40 heavy (non-hydrogen) atoms. The van der Waals surface area contributed by atoms with E-state index >= 15 is 0 Å². The number of benzene rings is 4. The highest BCUT2D eigenvalue weighted by Crippen LogP contribution is 2.28. The molecule has 0 fully saturated rings. The van der Waals surface area contributed by atoms with Gasteiger partial charge in [-0.2, -0.15) is 0 Å². The van der Waals surface area contributed by atoms with Gasteiger partial charge >= 0.3 is 0 Å². The van der Waals surface area contributed by atoms with Gasteiger partial charge in [0.25, 0.3) is 0 Å². The van der Waals surface area contributed by atoms with E-state index in [2.05, 4.69) is 148 Å². The zero-order valence-corrected chi connectivity index (χ0v) is 23.5. The van der Waals surface area contributed by atoms with Crippen molar-refractivity contribution >= 4 is 28.0 Å². The predicted molar refractivity (Wildman–Crippen MR) is 176 cm³/mol. The molecule has 0 aliphatic heterocycles. The Labute approximate surface area is 238 Å². The van der Waals surface area contributed by atoms with E-state index < -0.39 is 0 Å². The van der Waals surface area contributed by atoms with E-state index in [9.17, 15) is 0 Å². The molecule has 1 aliphatic carbocycles. The molecule has 0 N–H and O–H groups in total. The molecule has 4 aromatic carbocycles. The summed E-state index contributed by atoms with van der Waals surface area (Å²) < 4.78 is 0. The molecule has 0 heterocycles. The average Bonchev–Trinajstić information content (AvgIpc) is 2.98. The smallest absolute Gasteiger partial charge is 0.00824 e. The van der Waals surface area contributed by atoms with E-state index in [0.29, 0.717) is 0 Å². The Balaban J connectivity index is 1.61. The summed E-state index contributed by atoms with van der Waals surface area (Å²) in [5.41, 5.74) is 9.87. The van der Waals surface area contributed by atoms with Crippen LogP contribution in [0.15, 0.2) is 152 Å². The molecular formula is C40H36. The van der Waals surface area contributed by atoms with Crippen LogP contribution in [-0.4, -0.2) is 0 Å². The van der Waals surface area contributed by atoms with E-state index in [1.54, 1.807) is 6.08 Å². The van der Waals surface area contributed by atoms with Crippen LogP contribution < -0.4 is 10.4 Å². The van der Waals surface area contributed by atoms with Crippen molar-refractivity contribution in [3.8, 4) is 11.1 Å². The standard InChI is InChI=1S/C40H36/c1-5-6-15-29(2)37-18-9-7-8-10-19-38(40-21-14-13-20-39(37)40)31(4)27-33-23-25-35(26-30(33)3)36-24-22-32-16-11-12-17-34(32)28-36/h5-17,20-28H,1-2,18-19H2,3-4H3. The Hall–Kier alpha value is -4.68. The van der Waals surface area contributed by atoms with Crippen molar-refractivity contribution in [3.63, 3.8) is 0 Å². The van der Waals surface area contributed by atoms with Gasteiger partial charge < -0.3 is 0 Å². The molecule has 0 amide bonds. The van der Waals surface area contributed by atoms with Gasteiger partial charge in [0.1, 0.15) is 0 Å². The summed E-state index contributed by atoms with van der Waals surface area (Å²) in [6, 6.07) is 30.8. The summed E-state index contributed by atoms with van der Waals surface area (Å²) in [6.07, 6.45) is 18.6. The predicted octanol–water partition coefficient (Wildman–Crippen LogP) is 9.42. The van der Waals surface area contributed by atoms with E-state index in [1.165, 1.54) is 60.2 Å². The van der Waals surface area contributed by atoms with E-state index in [4.69, 9.17) is 0 Å². The summed E-state index contributed by atoms with van der Waals surface area (Å²) in [5.74, 6) is 0. The van der Waals surface area contributed by atoms with Crippen LogP contribution >= 0.6 is 0 Å². The van der Waals surface area contributed by atoms with Crippen LogP contribution in [0.5, 0.6) is 0 Å². The monoisotopic (exact) mass is 516 g/mol. The maximum absolute atomic E-state index is 4.39. The number of allylic oxidation sites excluding steroid dienone is 9. The molecule has 5 rings (SSSR count). The van der Waals surface area contributed by atoms with Crippen LogP contribution in [0.1, 0.15) is 30.9 Å². The van der Waals surface area contributed by atoms with Gasteiger partial charge in [0, 0.05) is 0 Å². The first-order chi connectivity index (χ1) is 19.5. The maximum Gasteiger partial charge on any atom is -0.00824 e. The summed E-state index contributed by atoms with van der Waals surface area (Å²) in [6.45, 7) is 12.7. The van der Waals surface area contributed by atoms with Gasteiger partial charge in [-0.25, -0.2) is 0 Å². The third kappa shape index (κ3) is 5.98. The van der Waals surface area contributed by atoms with Crippen molar-refractivity contribution in [3.05, 3.63) is 173 Å². The highest BCUT2D eigenvalue weighted by molar-refractivity contribution is 5.87. The third-order valence-corrected chi connectivity index (χ3v) is 7.63. The average molecular weight is 517 g/mol. The van der Waals surface area contributed by atoms with Crippen molar-refractivity contribution in [1.29, 1.82) is 0 Å². The zero-order chi connectivity index (χ0) is 27.9. The van der Waals surface area contributed by atoms with Crippen LogP contribution in [-0.2, 0) is 0 Å². The lowest BCUT2D eigenvalue weighted by molar-refractivity contribution is 1.27. The Morgan fingerprint density at radius 2 is 1.35 bits per heavy atom. The topological polar surface area (TPSA) is 0 Å². The summed E-state index contributed by atoms with van der Waals surface area (Å²) in [7, 11) is 0. The molecule has 0 radical (unpaired) electrons. The van der Waals surface area contributed by atoms with Gasteiger partial charge in [-0.05, 0) is 98.5 Å². The molecule has 4 aromatic rings. The first kappa shape index (κ1) is 26.9. The van der Waals surface area contributed by atoms with Crippen LogP contribution in [0.2, 0.25) is 0 Å².